The minimum Gasteiger partial charge on any atom is -0.339 e. The molecule has 2 aromatic heterocycles. The average molecular weight is 666 g/mol. The second-order valence-electron chi connectivity index (χ2n) is 13.2. The third-order valence-electron chi connectivity index (χ3n) is 10.7. The summed E-state index contributed by atoms with van der Waals surface area (Å²) in [5, 5.41) is 9.24. The van der Waals surface area contributed by atoms with Crippen LogP contribution in [-0.4, -0.2) is 87.8 Å². The quantitative estimate of drug-likeness (QED) is 0.250. The number of likely N-dealkylation sites (N-methyl/N-ethyl adjacent to an activating group) is 1. The Kier molecular flexibility index (Phi) is 8.39. The Labute approximate surface area is 281 Å². The van der Waals surface area contributed by atoms with Crippen molar-refractivity contribution in [2.24, 2.45) is 17.8 Å². The number of carbonyl (C=O) groups excluding carboxylic acids is 2. The van der Waals surface area contributed by atoms with Crippen molar-refractivity contribution in [3.63, 3.8) is 0 Å². The molecule has 4 fully saturated rings. The number of carbonyl (C=O) groups is 2. The van der Waals surface area contributed by atoms with E-state index in [1.807, 2.05) is 36.2 Å². The Balaban J connectivity index is 1.23. The topological polar surface area (TPSA) is 131 Å². The first-order valence-electron chi connectivity index (χ1n) is 16.6. The molecule has 0 unspecified atom stereocenters. The second kappa shape index (κ2) is 12.5. The number of pyridine rings is 2. The normalized spacial score (nSPS) is 25.3. The van der Waals surface area contributed by atoms with Gasteiger partial charge in [0, 0.05) is 87.5 Å². The van der Waals surface area contributed by atoms with Crippen LogP contribution in [0.5, 0.6) is 0 Å². The van der Waals surface area contributed by atoms with Crippen LogP contribution in [0.3, 0.4) is 0 Å². The van der Waals surface area contributed by atoms with Gasteiger partial charge >= 0.3 is 0 Å². The molecular formula is C36H39N7O4S. The maximum atomic E-state index is 15.1. The van der Waals surface area contributed by atoms with E-state index in [-0.39, 0.29) is 29.6 Å². The van der Waals surface area contributed by atoms with Crippen LogP contribution in [0, 0.1) is 29.1 Å². The van der Waals surface area contributed by atoms with E-state index in [0.29, 0.717) is 60.2 Å². The molecule has 0 N–H and O–H groups in total. The summed E-state index contributed by atoms with van der Waals surface area (Å²) in [4.78, 5) is 40.8. The predicted octanol–water partition coefficient (Wildman–Crippen LogP) is 3.78. The molecule has 0 radical (unpaired) electrons. The monoisotopic (exact) mass is 665 g/mol. The highest BCUT2D eigenvalue weighted by Crippen LogP contribution is 2.56. The number of benzene rings is 1. The lowest BCUT2D eigenvalue weighted by Gasteiger charge is -2.35. The summed E-state index contributed by atoms with van der Waals surface area (Å²) in [5.41, 5.74) is 0.908. The van der Waals surface area contributed by atoms with Crippen molar-refractivity contribution in [2.75, 3.05) is 33.2 Å². The summed E-state index contributed by atoms with van der Waals surface area (Å²) in [7, 11) is -1.80. The highest BCUT2D eigenvalue weighted by Gasteiger charge is 2.68. The number of amides is 1. The molecule has 1 aromatic carbocycles. The van der Waals surface area contributed by atoms with E-state index in [1.54, 1.807) is 62.6 Å². The van der Waals surface area contributed by atoms with Crippen molar-refractivity contribution >= 4 is 21.9 Å². The van der Waals surface area contributed by atoms with Gasteiger partial charge in [0.2, 0.25) is 0 Å². The van der Waals surface area contributed by atoms with Gasteiger partial charge in [-0.2, -0.15) is 22.3 Å². The van der Waals surface area contributed by atoms with Crippen molar-refractivity contribution < 1.29 is 18.0 Å². The summed E-state index contributed by atoms with van der Waals surface area (Å²) < 4.78 is 30.7. The largest absolute Gasteiger partial charge is 0.339 e. The van der Waals surface area contributed by atoms with Gasteiger partial charge in [-0.15, -0.1) is 0 Å². The number of hydrogen-bond acceptors (Lipinski definition) is 8. The molecule has 1 aliphatic carbocycles. The molecule has 3 saturated heterocycles. The lowest BCUT2D eigenvalue weighted by Crippen LogP contribution is -2.49. The zero-order chi connectivity index (χ0) is 33.6. The summed E-state index contributed by atoms with van der Waals surface area (Å²) >= 11 is 0. The smallest absolute Gasteiger partial charge is 0.281 e. The summed E-state index contributed by atoms with van der Waals surface area (Å²) in [6, 6.07) is 15.4. The van der Waals surface area contributed by atoms with E-state index >= 15 is 4.79 Å². The lowest BCUT2D eigenvalue weighted by atomic mass is 9.82. The molecule has 1 saturated carbocycles. The van der Waals surface area contributed by atoms with E-state index < -0.39 is 15.7 Å². The van der Waals surface area contributed by atoms with Gasteiger partial charge in [-0.05, 0) is 78.4 Å². The fourth-order valence-electron chi connectivity index (χ4n) is 8.13. The van der Waals surface area contributed by atoms with Crippen molar-refractivity contribution in [1.29, 1.82) is 5.26 Å². The number of piperidine rings is 2. The molecule has 11 nitrogen and oxygen atoms in total. The van der Waals surface area contributed by atoms with Gasteiger partial charge in [0.15, 0.2) is 11.3 Å². The molecule has 5 heterocycles. The van der Waals surface area contributed by atoms with Crippen LogP contribution in [0.1, 0.15) is 59.7 Å². The molecule has 4 aliphatic rings. The maximum Gasteiger partial charge on any atom is 0.281 e. The van der Waals surface area contributed by atoms with Crippen molar-refractivity contribution in [1.82, 2.24) is 28.4 Å². The van der Waals surface area contributed by atoms with Crippen molar-refractivity contribution in [3.05, 3.63) is 107 Å². The molecule has 3 aromatic rings. The second-order valence-corrected chi connectivity index (χ2v) is 15.2. The summed E-state index contributed by atoms with van der Waals surface area (Å²) in [5.74, 6) is 0.376. The van der Waals surface area contributed by atoms with Gasteiger partial charge in [-0.3, -0.25) is 24.5 Å². The van der Waals surface area contributed by atoms with Crippen molar-refractivity contribution in [3.8, 4) is 6.07 Å². The van der Waals surface area contributed by atoms with E-state index in [2.05, 4.69) is 23.0 Å². The molecule has 0 bridgehead atoms. The zero-order valence-electron chi connectivity index (χ0n) is 27.1. The predicted molar refractivity (Wildman–Crippen MR) is 178 cm³/mol. The van der Waals surface area contributed by atoms with E-state index in [9.17, 15) is 18.5 Å². The number of aromatic nitrogens is 2. The Bertz CT molecular complexity index is 1820. The Morgan fingerprint density at radius 3 is 2.02 bits per heavy atom. The van der Waals surface area contributed by atoms with Gasteiger partial charge in [0.05, 0.1) is 11.6 Å². The van der Waals surface area contributed by atoms with Crippen LogP contribution < -0.4 is 0 Å². The first-order chi connectivity index (χ1) is 23.2. The van der Waals surface area contributed by atoms with Crippen LogP contribution in [0.4, 0.5) is 0 Å². The molecule has 0 spiro atoms. The Morgan fingerprint density at radius 1 is 0.938 bits per heavy atom. The zero-order valence-corrected chi connectivity index (χ0v) is 28.0. The number of nitriles is 1. The molecule has 7 rings (SSSR count). The highest BCUT2D eigenvalue weighted by molar-refractivity contribution is 7.86. The van der Waals surface area contributed by atoms with Gasteiger partial charge in [0.25, 0.3) is 16.1 Å². The first kappa shape index (κ1) is 32.1. The van der Waals surface area contributed by atoms with Crippen LogP contribution >= 0.6 is 0 Å². The fraction of sp³-hybridized carbons (Fsp3) is 0.417. The lowest BCUT2D eigenvalue weighted by molar-refractivity contribution is -0.132. The number of hydrogen-bond donors (Lipinski definition) is 0. The first-order valence-corrected chi connectivity index (χ1v) is 18.0. The number of ketones is 1. The molecule has 12 heteroatoms. The van der Waals surface area contributed by atoms with Gasteiger partial charge in [-0.25, -0.2) is 0 Å². The minimum atomic E-state index is -3.61. The van der Waals surface area contributed by atoms with Crippen LogP contribution in [-0.2, 0) is 20.5 Å². The summed E-state index contributed by atoms with van der Waals surface area (Å²) in [6.45, 7) is 3.91. The third-order valence-corrected chi connectivity index (χ3v) is 12.7. The number of fused-ring (bicyclic) bond motifs is 1. The minimum absolute atomic E-state index is 0.0613. The molecular weight excluding hydrogens is 627 g/mol. The Morgan fingerprint density at radius 2 is 1.50 bits per heavy atom. The molecule has 1 amide bonds. The third kappa shape index (κ3) is 5.21. The molecule has 248 valence electrons. The van der Waals surface area contributed by atoms with E-state index in [1.165, 1.54) is 6.08 Å². The Hall–Kier alpha value is -4.44. The van der Waals surface area contributed by atoms with Crippen LogP contribution in [0.15, 0.2) is 85.2 Å². The van der Waals surface area contributed by atoms with E-state index in [4.69, 9.17) is 0 Å². The standard InChI is InChI=1S/C36H39N7O4S/c1-3-4-25-13-19-41(20-14-25)48(46,47)42-23-30-31(24-42)34(30)43-33(21-32(44)27-7-5-26(22-37)6-8-27)40(2)36(35(43)45,28-9-15-38-16-10-28)29-11-17-39-18-12-29/h5-12,15-18,21,25,30-31,34H,3-4,13-14,19-20,23-24H2,1-2H3/t30-,31-/m0/s1. The average Bonchev–Trinajstić information content (AvgIpc) is 3.47. The fourth-order valence-corrected chi connectivity index (χ4v) is 9.85. The molecule has 2 atom stereocenters. The van der Waals surface area contributed by atoms with Crippen molar-refractivity contribution in [2.45, 2.75) is 44.2 Å². The van der Waals surface area contributed by atoms with Gasteiger partial charge in [-0.1, -0.05) is 19.8 Å². The van der Waals surface area contributed by atoms with Crippen LogP contribution in [0.2, 0.25) is 0 Å². The highest BCUT2D eigenvalue weighted by atomic mass is 32.2. The molecule has 3 aliphatic heterocycles. The number of allylic oxidation sites excluding steroid dienone is 1. The molecule has 48 heavy (non-hydrogen) atoms. The van der Waals surface area contributed by atoms with Gasteiger partial charge < -0.3 is 4.90 Å². The summed E-state index contributed by atoms with van der Waals surface area (Å²) in [6.07, 6.45) is 12.1. The van der Waals surface area contributed by atoms with E-state index in [0.717, 1.165) is 25.7 Å². The number of rotatable bonds is 9. The number of nitrogens with zero attached hydrogens (tertiary/aromatic N) is 7. The van der Waals surface area contributed by atoms with Crippen LogP contribution in [0.25, 0.3) is 0 Å². The van der Waals surface area contributed by atoms with Gasteiger partial charge in [0.1, 0.15) is 5.82 Å². The maximum absolute atomic E-state index is 15.1. The SMILES string of the molecule is CCCC1CCN(S(=O)(=O)N2C[C@@H]3C(N4C(=O)C(c5ccncc5)(c5ccncc5)N(C)C4=CC(=O)c4ccc(C#N)cc4)[C@H]3C2)CC1.